The second-order valence-corrected chi connectivity index (χ2v) is 9.18. The first kappa shape index (κ1) is 19.9. The van der Waals surface area contributed by atoms with E-state index in [1.807, 2.05) is 30.3 Å². The van der Waals surface area contributed by atoms with Crippen LogP contribution in [0.3, 0.4) is 0 Å². The van der Waals surface area contributed by atoms with Crippen molar-refractivity contribution in [3.8, 4) is 11.3 Å². The first-order valence-electron chi connectivity index (χ1n) is 10.7. The van der Waals surface area contributed by atoms with Crippen molar-refractivity contribution in [2.24, 2.45) is 0 Å². The van der Waals surface area contributed by atoms with E-state index < -0.39 is 0 Å². The minimum Gasteiger partial charge on any atom is -0.369 e. The predicted octanol–water partition coefficient (Wildman–Crippen LogP) is 5.77. The van der Waals surface area contributed by atoms with Crippen LogP contribution in [-0.2, 0) is 0 Å². The highest BCUT2D eigenvalue weighted by atomic mass is 35.5. The molecule has 2 atom stereocenters. The van der Waals surface area contributed by atoms with Crippen molar-refractivity contribution in [2.45, 2.75) is 31.3 Å². The zero-order valence-corrected chi connectivity index (χ0v) is 18.4. The Morgan fingerprint density at radius 1 is 0.800 bits per heavy atom. The van der Waals surface area contributed by atoms with E-state index in [2.05, 4.69) is 44.9 Å². The molecule has 0 amide bonds. The number of anilines is 1. The highest BCUT2D eigenvalue weighted by Crippen LogP contribution is 2.34. The van der Waals surface area contributed by atoms with Gasteiger partial charge in [-0.25, -0.2) is 0 Å². The van der Waals surface area contributed by atoms with Crippen molar-refractivity contribution in [2.75, 3.05) is 31.1 Å². The van der Waals surface area contributed by atoms with Gasteiger partial charge in [0.05, 0.1) is 11.7 Å². The largest absolute Gasteiger partial charge is 0.369 e. The van der Waals surface area contributed by atoms with Gasteiger partial charge in [-0.1, -0.05) is 35.3 Å². The molecule has 2 unspecified atom stereocenters. The molecule has 1 saturated carbocycles. The number of aromatic nitrogens is 2. The van der Waals surface area contributed by atoms with Crippen LogP contribution in [-0.4, -0.2) is 46.9 Å². The van der Waals surface area contributed by atoms with Gasteiger partial charge in [0, 0.05) is 59.7 Å². The lowest BCUT2D eigenvalue weighted by Gasteiger charge is -2.39. The minimum atomic E-state index is 0.484. The second-order valence-electron chi connectivity index (χ2n) is 8.31. The van der Waals surface area contributed by atoms with Gasteiger partial charge >= 0.3 is 0 Å². The van der Waals surface area contributed by atoms with Crippen molar-refractivity contribution in [3.63, 3.8) is 0 Å². The molecule has 3 aromatic rings. The summed E-state index contributed by atoms with van der Waals surface area (Å²) in [5.74, 6) is 0. The molecule has 1 aromatic heterocycles. The number of nitrogens with zero attached hydrogens (tertiary/aromatic N) is 4. The average molecular weight is 441 g/mol. The average Bonchev–Trinajstić information content (AvgIpc) is 3.44. The van der Waals surface area contributed by atoms with Crippen LogP contribution in [0.5, 0.6) is 0 Å². The normalized spacial score (nSPS) is 22.5. The number of hydrogen-bond acceptors (Lipinski definition) is 3. The Bertz CT molecular complexity index is 992. The summed E-state index contributed by atoms with van der Waals surface area (Å²) in [5, 5.41) is 6.41. The van der Waals surface area contributed by atoms with Crippen molar-refractivity contribution in [1.82, 2.24) is 14.7 Å². The van der Waals surface area contributed by atoms with Crippen LogP contribution in [0.25, 0.3) is 11.3 Å². The first-order chi connectivity index (χ1) is 14.7. The topological polar surface area (TPSA) is 24.3 Å². The van der Waals surface area contributed by atoms with Gasteiger partial charge in [-0.2, -0.15) is 5.10 Å². The Hall–Kier alpha value is -2.01. The summed E-state index contributed by atoms with van der Waals surface area (Å²) >= 11 is 12.2. The molecule has 1 saturated heterocycles. The van der Waals surface area contributed by atoms with Crippen LogP contribution < -0.4 is 4.90 Å². The molecule has 0 spiro atoms. The fourth-order valence-corrected chi connectivity index (χ4v) is 5.16. The van der Waals surface area contributed by atoms with Crippen LogP contribution in [0, 0.1) is 0 Å². The van der Waals surface area contributed by atoms with E-state index in [4.69, 9.17) is 28.3 Å². The number of benzene rings is 2. The zero-order chi connectivity index (χ0) is 20.5. The highest BCUT2D eigenvalue weighted by molar-refractivity contribution is 6.31. The SMILES string of the molecule is Clc1ccc(N2CCN(C3CCC(n4ccc(-c5cccc(Cl)c5)n4)C3)CC2)cc1. The van der Waals surface area contributed by atoms with Crippen molar-refractivity contribution >= 4 is 28.9 Å². The molecule has 156 valence electrons. The summed E-state index contributed by atoms with van der Waals surface area (Å²) in [5.41, 5.74) is 3.35. The van der Waals surface area contributed by atoms with Crippen molar-refractivity contribution < 1.29 is 0 Å². The molecule has 5 rings (SSSR count). The number of hydrogen-bond donors (Lipinski definition) is 0. The summed E-state index contributed by atoms with van der Waals surface area (Å²) in [7, 11) is 0. The van der Waals surface area contributed by atoms with Crippen LogP contribution in [0.15, 0.2) is 60.8 Å². The Kier molecular flexibility index (Phi) is 5.72. The molecule has 2 aliphatic rings. The molecule has 0 bridgehead atoms. The zero-order valence-electron chi connectivity index (χ0n) is 16.9. The maximum absolute atomic E-state index is 6.14. The second kappa shape index (κ2) is 8.62. The summed E-state index contributed by atoms with van der Waals surface area (Å²) in [6.07, 6.45) is 5.75. The summed E-state index contributed by atoms with van der Waals surface area (Å²) in [4.78, 5) is 5.14. The molecule has 30 heavy (non-hydrogen) atoms. The molecule has 4 nitrogen and oxygen atoms in total. The molecule has 1 aliphatic heterocycles. The van der Waals surface area contributed by atoms with E-state index >= 15 is 0 Å². The van der Waals surface area contributed by atoms with Gasteiger partial charge in [0.25, 0.3) is 0 Å². The van der Waals surface area contributed by atoms with E-state index in [-0.39, 0.29) is 0 Å². The molecule has 0 radical (unpaired) electrons. The van der Waals surface area contributed by atoms with Crippen LogP contribution >= 0.6 is 23.2 Å². The van der Waals surface area contributed by atoms with Gasteiger partial charge in [-0.3, -0.25) is 9.58 Å². The number of rotatable bonds is 4. The molecule has 6 heteroatoms. The summed E-state index contributed by atoms with van der Waals surface area (Å²) < 4.78 is 2.17. The fourth-order valence-electron chi connectivity index (χ4n) is 4.85. The Morgan fingerprint density at radius 2 is 1.57 bits per heavy atom. The Balaban J connectivity index is 1.18. The van der Waals surface area contributed by atoms with Gasteiger partial charge in [0.2, 0.25) is 0 Å². The van der Waals surface area contributed by atoms with Gasteiger partial charge in [-0.05, 0) is 61.7 Å². The lowest BCUT2D eigenvalue weighted by Crippen LogP contribution is -2.49. The number of piperazine rings is 1. The molecular weight excluding hydrogens is 415 g/mol. The lowest BCUT2D eigenvalue weighted by atomic mass is 10.1. The van der Waals surface area contributed by atoms with Crippen molar-refractivity contribution in [3.05, 3.63) is 70.8 Å². The van der Waals surface area contributed by atoms with Gasteiger partial charge in [-0.15, -0.1) is 0 Å². The predicted molar refractivity (Wildman–Crippen MR) is 125 cm³/mol. The molecule has 2 aromatic carbocycles. The Morgan fingerprint density at radius 3 is 2.33 bits per heavy atom. The number of halogens is 2. The molecular formula is C24H26Cl2N4. The van der Waals surface area contributed by atoms with Gasteiger partial charge in [0.1, 0.15) is 0 Å². The monoisotopic (exact) mass is 440 g/mol. The maximum Gasteiger partial charge on any atom is 0.0923 e. The van der Waals surface area contributed by atoms with E-state index in [1.54, 1.807) is 0 Å². The lowest BCUT2D eigenvalue weighted by molar-refractivity contribution is 0.183. The van der Waals surface area contributed by atoms with E-state index in [9.17, 15) is 0 Å². The molecule has 2 fully saturated rings. The smallest absolute Gasteiger partial charge is 0.0923 e. The minimum absolute atomic E-state index is 0.484. The summed E-state index contributed by atoms with van der Waals surface area (Å²) in [6.45, 7) is 4.38. The summed E-state index contributed by atoms with van der Waals surface area (Å²) in [6, 6.07) is 19.4. The van der Waals surface area contributed by atoms with E-state index in [0.29, 0.717) is 12.1 Å². The van der Waals surface area contributed by atoms with E-state index in [0.717, 1.165) is 47.5 Å². The molecule has 1 aliphatic carbocycles. The Labute approximate surface area is 188 Å². The van der Waals surface area contributed by atoms with E-state index in [1.165, 1.54) is 24.9 Å². The van der Waals surface area contributed by atoms with Gasteiger partial charge < -0.3 is 4.90 Å². The van der Waals surface area contributed by atoms with Gasteiger partial charge in [0.15, 0.2) is 0 Å². The molecule has 0 N–H and O–H groups in total. The standard InChI is InChI=1S/C24H26Cl2N4/c25-19-4-6-21(7-5-19)28-12-14-29(15-13-28)22-8-9-23(17-22)30-11-10-24(27-30)18-2-1-3-20(26)16-18/h1-7,10-11,16,22-23H,8-9,12-15,17H2. The van der Waals surface area contributed by atoms with Crippen LogP contribution in [0.4, 0.5) is 5.69 Å². The van der Waals surface area contributed by atoms with Crippen molar-refractivity contribution in [1.29, 1.82) is 0 Å². The third-order valence-corrected chi connectivity index (χ3v) is 6.99. The molecule has 2 heterocycles. The first-order valence-corrected chi connectivity index (χ1v) is 11.5. The fraction of sp³-hybridized carbons (Fsp3) is 0.375. The van der Waals surface area contributed by atoms with Crippen LogP contribution in [0.1, 0.15) is 25.3 Å². The third-order valence-electron chi connectivity index (χ3n) is 6.50. The van der Waals surface area contributed by atoms with Crippen LogP contribution in [0.2, 0.25) is 10.0 Å². The highest BCUT2D eigenvalue weighted by Gasteiger charge is 2.32. The maximum atomic E-state index is 6.14. The third kappa shape index (κ3) is 4.22. The quantitative estimate of drug-likeness (QED) is 0.514.